The van der Waals surface area contributed by atoms with Crippen molar-refractivity contribution in [2.45, 2.75) is 31.7 Å². The van der Waals surface area contributed by atoms with Crippen molar-refractivity contribution in [3.63, 3.8) is 0 Å². The van der Waals surface area contributed by atoms with Crippen LogP contribution >= 0.6 is 0 Å². The third-order valence-electron chi connectivity index (χ3n) is 3.70. The molecule has 1 atom stereocenters. The predicted octanol–water partition coefficient (Wildman–Crippen LogP) is 1.87. The van der Waals surface area contributed by atoms with Gasteiger partial charge in [-0.15, -0.1) is 0 Å². The number of anilines is 1. The van der Waals surface area contributed by atoms with Gasteiger partial charge in [0.2, 0.25) is 11.8 Å². The van der Waals surface area contributed by atoms with Gasteiger partial charge in [0.1, 0.15) is 0 Å². The van der Waals surface area contributed by atoms with Gasteiger partial charge in [-0.3, -0.25) is 9.59 Å². The second kappa shape index (κ2) is 6.43. The van der Waals surface area contributed by atoms with Crippen LogP contribution in [-0.4, -0.2) is 27.6 Å². The van der Waals surface area contributed by atoms with Gasteiger partial charge in [0.15, 0.2) is 0 Å². The Labute approximate surface area is 128 Å². The molecule has 1 aliphatic heterocycles. The maximum absolute atomic E-state index is 12.0. The quantitative estimate of drug-likeness (QED) is 0.884. The van der Waals surface area contributed by atoms with Crippen molar-refractivity contribution >= 4 is 17.5 Å². The summed E-state index contributed by atoms with van der Waals surface area (Å²) < 4.78 is 1.74. The van der Waals surface area contributed by atoms with Crippen LogP contribution in [0.3, 0.4) is 0 Å². The number of nitrogens with zero attached hydrogens (tertiary/aromatic N) is 2. The molecule has 2 amide bonds. The first-order valence-corrected chi connectivity index (χ1v) is 7.40. The molecule has 0 aliphatic carbocycles. The van der Waals surface area contributed by atoms with Gasteiger partial charge in [-0.1, -0.05) is 6.07 Å². The number of benzene rings is 1. The number of aromatic nitrogens is 2. The fourth-order valence-corrected chi connectivity index (χ4v) is 2.57. The minimum Gasteiger partial charge on any atom is -0.353 e. The van der Waals surface area contributed by atoms with E-state index >= 15 is 0 Å². The molecule has 1 fully saturated rings. The molecule has 114 valence electrons. The number of hydrogen-bond acceptors (Lipinski definition) is 3. The minimum absolute atomic E-state index is 0.0428. The molecule has 2 N–H and O–H groups in total. The average Bonchev–Trinajstić information content (AvgIpc) is 3.17. The van der Waals surface area contributed by atoms with Crippen LogP contribution in [0.5, 0.6) is 0 Å². The summed E-state index contributed by atoms with van der Waals surface area (Å²) in [5.41, 5.74) is 1.64. The minimum atomic E-state index is -0.0428. The first-order valence-electron chi connectivity index (χ1n) is 7.40. The normalized spacial score (nSPS) is 17.3. The molecule has 2 aromatic rings. The molecular formula is C16H18N4O2. The van der Waals surface area contributed by atoms with Crippen molar-refractivity contribution in [1.29, 1.82) is 0 Å². The van der Waals surface area contributed by atoms with E-state index in [1.807, 2.05) is 36.5 Å². The third-order valence-corrected chi connectivity index (χ3v) is 3.70. The maximum atomic E-state index is 12.0. The SMILES string of the molecule is O=C(CC[C@H]1CCC(=O)N1)Nc1cccc(-n2cccn2)c1. The zero-order chi connectivity index (χ0) is 15.4. The molecule has 1 aliphatic rings. The van der Waals surface area contributed by atoms with Crippen LogP contribution in [-0.2, 0) is 9.59 Å². The zero-order valence-corrected chi connectivity index (χ0v) is 12.2. The Bertz CT molecular complexity index is 667. The van der Waals surface area contributed by atoms with Crippen molar-refractivity contribution in [2.75, 3.05) is 5.32 Å². The Morgan fingerprint density at radius 1 is 1.41 bits per heavy atom. The number of rotatable bonds is 5. The highest BCUT2D eigenvalue weighted by Crippen LogP contribution is 2.16. The summed E-state index contributed by atoms with van der Waals surface area (Å²) in [5.74, 6) is 0.0381. The van der Waals surface area contributed by atoms with Crippen molar-refractivity contribution < 1.29 is 9.59 Å². The zero-order valence-electron chi connectivity index (χ0n) is 12.2. The van der Waals surface area contributed by atoms with Crippen molar-refractivity contribution in [3.8, 4) is 5.69 Å². The average molecular weight is 298 g/mol. The molecule has 3 rings (SSSR count). The summed E-state index contributed by atoms with van der Waals surface area (Å²) >= 11 is 0. The number of carbonyl (C=O) groups excluding carboxylic acids is 2. The Kier molecular flexibility index (Phi) is 4.18. The van der Waals surface area contributed by atoms with Crippen LogP contribution in [0, 0.1) is 0 Å². The van der Waals surface area contributed by atoms with Gasteiger partial charge in [0.25, 0.3) is 0 Å². The van der Waals surface area contributed by atoms with Crippen LogP contribution in [0.1, 0.15) is 25.7 Å². The molecule has 0 unspecified atom stereocenters. The lowest BCUT2D eigenvalue weighted by Crippen LogP contribution is -2.26. The van der Waals surface area contributed by atoms with Gasteiger partial charge in [0, 0.05) is 37.0 Å². The van der Waals surface area contributed by atoms with Gasteiger partial charge in [0.05, 0.1) is 5.69 Å². The lowest BCUT2D eigenvalue weighted by molar-refractivity contribution is -0.120. The maximum Gasteiger partial charge on any atom is 0.224 e. The van der Waals surface area contributed by atoms with Crippen molar-refractivity contribution in [2.24, 2.45) is 0 Å². The first-order chi connectivity index (χ1) is 10.7. The number of nitrogens with one attached hydrogen (secondary N) is 2. The van der Waals surface area contributed by atoms with Crippen LogP contribution in [0.15, 0.2) is 42.7 Å². The largest absolute Gasteiger partial charge is 0.353 e. The first kappa shape index (κ1) is 14.3. The van der Waals surface area contributed by atoms with E-state index in [1.165, 1.54) is 0 Å². The Hall–Kier alpha value is -2.63. The fourth-order valence-electron chi connectivity index (χ4n) is 2.57. The van der Waals surface area contributed by atoms with E-state index in [0.29, 0.717) is 19.3 Å². The highest BCUT2D eigenvalue weighted by Gasteiger charge is 2.21. The van der Waals surface area contributed by atoms with E-state index in [2.05, 4.69) is 15.7 Å². The summed E-state index contributed by atoms with van der Waals surface area (Å²) in [6.07, 6.45) is 6.03. The second-order valence-corrected chi connectivity index (χ2v) is 5.39. The topological polar surface area (TPSA) is 76.0 Å². The predicted molar refractivity (Wildman–Crippen MR) is 82.6 cm³/mol. The van der Waals surface area contributed by atoms with E-state index in [0.717, 1.165) is 17.8 Å². The van der Waals surface area contributed by atoms with E-state index in [4.69, 9.17) is 0 Å². The third kappa shape index (κ3) is 3.52. The molecule has 6 heteroatoms. The summed E-state index contributed by atoms with van der Waals surface area (Å²) in [4.78, 5) is 23.1. The van der Waals surface area contributed by atoms with Gasteiger partial charge in [-0.2, -0.15) is 5.10 Å². The molecule has 1 aromatic heterocycles. The number of carbonyl (C=O) groups is 2. The van der Waals surface area contributed by atoms with E-state index in [1.54, 1.807) is 10.9 Å². The smallest absolute Gasteiger partial charge is 0.224 e. The summed E-state index contributed by atoms with van der Waals surface area (Å²) in [5, 5.41) is 9.92. The summed E-state index contributed by atoms with van der Waals surface area (Å²) in [6, 6.07) is 9.51. The van der Waals surface area contributed by atoms with Crippen LogP contribution in [0.25, 0.3) is 5.69 Å². The molecule has 6 nitrogen and oxygen atoms in total. The lowest BCUT2D eigenvalue weighted by atomic mass is 10.1. The highest BCUT2D eigenvalue weighted by molar-refractivity contribution is 5.91. The van der Waals surface area contributed by atoms with Gasteiger partial charge >= 0.3 is 0 Å². The van der Waals surface area contributed by atoms with Gasteiger partial charge < -0.3 is 10.6 Å². The highest BCUT2D eigenvalue weighted by atomic mass is 16.2. The Morgan fingerprint density at radius 2 is 2.32 bits per heavy atom. The monoisotopic (exact) mass is 298 g/mol. The molecule has 0 saturated carbocycles. The molecule has 2 heterocycles. The molecule has 0 bridgehead atoms. The number of amides is 2. The van der Waals surface area contributed by atoms with Crippen molar-refractivity contribution in [3.05, 3.63) is 42.7 Å². The van der Waals surface area contributed by atoms with Crippen molar-refractivity contribution in [1.82, 2.24) is 15.1 Å². The molecule has 1 aromatic carbocycles. The molecule has 0 spiro atoms. The molecule has 0 radical (unpaired) electrons. The van der Waals surface area contributed by atoms with Gasteiger partial charge in [-0.25, -0.2) is 4.68 Å². The van der Waals surface area contributed by atoms with E-state index in [-0.39, 0.29) is 17.9 Å². The van der Waals surface area contributed by atoms with Crippen LogP contribution in [0.2, 0.25) is 0 Å². The standard InChI is InChI=1S/C16H18N4O2/c21-15-7-5-12(18-15)6-8-16(22)19-13-3-1-4-14(11-13)20-10-2-9-17-20/h1-4,9-12H,5-8H2,(H,18,21)(H,19,22)/t12-/m1/s1. The molecular weight excluding hydrogens is 280 g/mol. The van der Waals surface area contributed by atoms with Crippen LogP contribution in [0.4, 0.5) is 5.69 Å². The van der Waals surface area contributed by atoms with E-state index in [9.17, 15) is 9.59 Å². The second-order valence-electron chi connectivity index (χ2n) is 5.39. The molecule has 22 heavy (non-hydrogen) atoms. The van der Waals surface area contributed by atoms with E-state index < -0.39 is 0 Å². The number of hydrogen-bond donors (Lipinski definition) is 2. The Balaban J connectivity index is 1.55. The van der Waals surface area contributed by atoms with Crippen LogP contribution < -0.4 is 10.6 Å². The lowest BCUT2D eigenvalue weighted by Gasteiger charge is -2.10. The summed E-state index contributed by atoms with van der Waals surface area (Å²) in [6.45, 7) is 0. The Morgan fingerprint density at radius 3 is 3.05 bits per heavy atom. The summed E-state index contributed by atoms with van der Waals surface area (Å²) in [7, 11) is 0. The van der Waals surface area contributed by atoms with Gasteiger partial charge in [-0.05, 0) is 37.1 Å². The fraction of sp³-hybridized carbons (Fsp3) is 0.312. The molecule has 1 saturated heterocycles.